The predicted molar refractivity (Wildman–Crippen MR) is 89.7 cm³/mol. The van der Waals surface area contributed by atoms with Gasteiger partial charge < -0.3 is 4.74 Å². The molecular weight excluding hydrogens is 334 g/mol. The van der Waals surface area contributed by atoms with E-state index in [0.29, 0.717) is 17.0 Å². The van der Waals surface area contributed by atoms with Gasteiger partial charge in [0.1, 0.15) is 4.21 Å². The molecule has 1 aliphatic rings. The van der Waals surface area contributed by atoms with E-state index in [1.54, 1.807) is 6.92 Å². The number of benzene rings is 1. The minimum absolute atomic E-state index is 0.173. The molecule has 3 rings (SSSR count). The fourth-order valence-electron chi connectivity index (χ4n) is 2.75. The van der Waals surface area contributed by atoms with Gasteiger partial charge in [-0.15, -0.1) is 11.3 Å². The van der Waals surface area contributed by atoms with Crippen LogP contribution in [0.4, 0.5) is 5.69 Å². The summed E-state index contributed by atoms with van der Waals surface area (Å²) in [7, 11) is -2.39. The maximum atomic E-state index is 13.0. The number of esters is 1. The number of aryl methyl sites for hydroxylation is 2. The highest BCUT2D eigenvalue weighted by molar-refractivity contribution is 7.94. The maximum absolute atomic E-state index is 13.0. The third-order valence-electron chi connectivity index (χ3n) is 3.91. The van der Waals surface area contributed by atoms with Crippen LogP contribution in [-0.2, 0) is 21.2 Å². The Balaban J connectivity index is 2.05. The number of hydrogen-bond acceptors (Lipinski definition) is 5. The van der Waals surface area contributed by atoms with Crippen molar-refractivity contribution < 1.29 is 17.9 Å². The highest BCUT2D eigenvalue weighted by Crippen LogP contribution is 2.35. The number of carbonyl (C=O) groups is 1. The van der Waals surface area contributed by atoms with Gasteiger partial charge in [-0.2, -0.15) is 0 Å². The van der Waals surface area contributed by atoms with Crippen LogP contribution in [0.15, 0.2) is 34.5 Å². The van der Waals surface area contributed by atoms with E-state index in [-0.39, 0.29) is 4.21 Å². The standard InChI is InChI=1S/C16H17NO4S2/c1-11-13(16(18)21-2)10-15(22-11)23(19,20)17-9-5-7-12-6-3-4-8-14(12)17/h3-4,6,8,10H,5,7,9H2,1-2H3. The number of hydrogen-bond donors (Lipinski definition) is 0. The Hall–Kier alpha value is -1.86. The van der Waals surface area contributed by atoms with Crippen LogP contribution in [0.5, 0.6) is 0 Å². The molecule has 1 aliphatic heterocycles. The molecule has 2 heterocycles. The summed E-state index contributed by atoms with van der Waals surface area (Å²) in [4.78, 5) is 12.4. The lowest BCUT2D eigenvalue weighted by atomic mass is 10.0. The van der Waals surface area contributed by atoms with Gasteiger partial charge in [-0.1, -0.05) is 18.2 Å². The number of ether oxygens (including phenoxy) is 1. The topological polar surface area (TPSA) is 63.7 Å². The highest BCUT2D eigenvalue weighted by atomic mass is 32.2. The van der Waals surface area contributed by atoms with Crippen molar-refractivity contribution in [1.82, 2.24) is 0 Å². The van der Waals surface area contributed by atoms with Gasteiger partial charge in [-0.3, -0.25) is 4.31 Å². The van der Waals surface area contributed by atoms with Crippen molar-refractivity contribution in [2.45, 2.75) is 24.0 Å². The molecule has 7 heteroatoms. The van der Waals surface area contributed by atoms with Crippen molar-refractivity contribution in [1.29, 1.82) is 0 Å². The van der Waals surface area contributed by atoms with E-state index in [0.717, 1.165) is 35.4 Å². The SMILES string of the molecule is COC(=O)c1cc(S(=O)(=O)N2CCCc3ccccc32)sc1C. The molecular formula is C16H17NO4S2. The van der Waals surface area contributed by atoms with Crippen molar-refractivity contribution in [3.8, 4) is 0 Å². The zero-order valence-corrected chi connectivity index (χ0v) is 14.5. The molecule has 0 bridgehead atoms. The smallest absolute Gasteiger partial charge is 0.339 e. The predicted octanol–water partition coefficient (Wildman–Crippen LogP) is 2.98. The summed E-state index contributed by atoms with van der Waals surface area (Å²) < 4.78 is 32.3. The molecule has 0 fully saturated rings. The summed E-state index contributed by atoms with van der Waals surface area (Å²) in [5.41, 5.74) is 2.06. The molecule has 0 N–H and O–H groups in total. The fraction of sp³-hybridized carbons (Fsp3) is 0.312. The number of para-hydroxylation sites is 1. The van der Waals surface area contributed by atoms with Gasteiger partial charge in [0.2, 0.25) is 0 Å². The summed E-state index contributed by atoms with van der Waals surface area (Å²) in [6.07, 6.45) is 1.66. The average molecular weight is 351 g/mol. The minimum Gasteiger partial charge on any atom is -0.465 e. The molecule has 1 aromatic carbocycles. The minimum atomic E-state index is -3.67. The Bertz CT molecular complexity index is 855. The summed E-state index contributed by atoms with van der Waals surface area (Å²) in [6.45, 7) is 2.17. The van der Waals surface area contributed by atoms with E-state index < -0.39 is 16.0 Å². The first-order valence-corrected chi connectivity index (χ1v) is 9.50. The van der Waals surface area contributed by atoms with Crippen LogP contribution in [-0.4, -0.2) is 28.0 Å². The van der Waals surface area contributed by atoms with Crippen LogP contribution < -0.4 is 4.31 Å². The molecule has 1 aromatic heterocycles. The number of sulfonamides is 1. The Morgan fingerprint density at radius 2 is 2.04 bits per heavy atom. The number of rotatable bonds is 3. The van der Waals surface area contributed by atoms with Crippen molar-refractivity contribution in [3.05, 3.63) is 46.3 Å². The highest BCUT2D eigenvalue weighted by Gasteiger charge is 2.31. The summed E-state index contributed by atoms with van der Waals surface area (Å²) >= 11 is 1.10. The van der Waals surface area contributed by atoms with Crippen molar-refractivity contribution in [2.24, 2.45) is 0 Å². The second-order valence-electron chi connectivity index (χ2n) is 5.34. The molecule has 0 saturated heterocycles. The normalized spacial score (nSPS) is 14.4. The third kappa shape index (κ3) is 2.74. The molecule has 0 unspecified atom stereocenters. The van der Waals surface area contributed by atoms with E-state index in [2.05, 4.69) is 0 Å². The molecule has 0 spiro atoms. The van der Waals surface area contributed by atoms with Gasteiger partial charge in [0.25, 0.3) is 10.0 Å². The largest absolute Gasteiger partial charge is 0.465 e. The Kier molecular flexibility index (Phi) is 4.16. The summed E-state index contributed by atoms with van der Waals surface area (Å²) in [5, 5.41) is 0. The second-order valence-corrected chi connectivity index (χ2v) is 8.68. The first-order valence-electron chi connectivity index (χ1n) is 7.24. The molecule has 5 nitrogen and oxygen atoms in total. The molecule has 0 aliphatic carbocycles. The molecule has 0 atom stereocenters. The quantitative estimate of drug-likeness (QED) is 0.798. The lowest BCUT2D eigenvalue weighted by Gasteiger charge is -2.29. The fourth-order valence-corrected chi connectivity index (χ4v) is 5.84. The first-order chi connectivity index (χ1) is 10.9. The number of nitrogens with zero attached hydrogens (tertiary/aromatic N) is 1. The van der Waals surface area contributed by atoms with Crippen LogP contribution in [0.3, 0.4) is 0 Å². The van der Waals surface area contributed by atoms with Crippen LogP contribution in [0.25, 0.3) is 0 Å². The van der Waals surface area contributed by atoms with Gasteiger partial charge in [0.05, 0.1) is 18.4 Å². The maximum Gasteiger partial charge on any atom is 0.339 e. The number of carbonyl (C=O) groups excluding carboxylic acids is 1. The van der Waals surface area contributed by atoms with Crippen LogP contribution in [0.2, 0.25) is 0 Å². The van der Waals surface area contributed by atoms with E-state index >= 15 is 0 Å². The van der Waals surface area contributed by atoms with E-state index in [4.69, 9.17) is 4.74 Å². The first kappa shape index (κ1) is 16.0. The van der Waals surface area contributed by atoms with Gasteiger partial charge in [-0.05, 0) is 37.5 Å². The molecule has 122 valence electrons. The Labute approximate surface area is 139 Å². The van der Waals surface area contributed by atoms with Crippen molar-refractivity contribution in [2.75, 3.05) is 18.0 Å². The van der Waals surface area contributed by atoms with E-state index in [9.17, 15) is 13.2 Å². The molecule has 2 aromatic rings. The second kappa shape index (κ2) is 5.98. The van der Waals surface area contributed by atoms with Gasteiger partial charge in [0, 0.05) is 11.4 Å². The number of anilines is 1. The third-order valence-corrected chi connectivity index (χ3v) is 7.23. The number of fused-ring (bicyclic) bond motifs is 1. The van der Waals surface area contributed by atoms with Gasteiger partial charge in [0.15, 0.2) is 0 Å². The Morgan fingerprint density at radius 3 is 2.78 bits per heavy atom. The zero-order chi connectivity index (χ0) is 16.6. The average Bonchev–Trinajstić information content (AvgIpc) is 2.96. The molecule has 0 radical (unpaired) electrons. The lowest BCUT2D eigenvalue weighted by Crippen LogP contribution is -2.35. The van der Waals surface area contributed by atoms with Crippen LogP contribution in [0.1, 0.15) is 27.2 Å². The van der Waals surface area contributed by atoms with Crippen LogP contribution in [0, 0.1) is 6.92 Å². The summed E-state index contributed by atoms with van der Waals surface area (Å²) in [6, 6.07) is 8.95. The molecule has 23 heavy (non-hydrogen) atoms. The lowest BCUT2D eigenvalue weighted by molar-refractivity contribution is 0.0600. The van der Waals surface area contributed by atoms with Crippen LogP contribution >= 0.6 is 11.3 Å². The number of thiophene rings is 1. The van der Waals surface area contributed by atoms with E-state index in [1.807, 2.05) is 24.3 Å². The van der Waals surface area contributed by atoms with Crippen molar-refractivity contribution in [3.63, 3.8) is 0 Å². The van der Waals surface area contributed by atoms with Gasteiger partial charge >= 0.3 is 5.97 Å². The number of methoxy groups -OCH3 is 1. The molecule has 0 amide bonds. The summed E-state index contributed by atoms with van der Waals surface area (Å²) in [5.74, 6) is -0.515. The zero-order valence-electron chi connectivity index (χ0n) is 12.9. The van der Waals surface area contributed by atoms with Crippen molar-refractivity contribution >= 4 is 33.0 Å². The monoisotopic (exact) mass is 351 g/mol. The van der Waals surface area contributed by atoms with E-state index in [1.165, 1.54) is 17.5 Å². The Morgan fingerprint density at radius 1 is 1.30 bits per heavy atom. The van der Waals surface area contributed by atoms with Gasteiger partial charge in [-0.25, -0.2) is 13.2 Å². The molecule has 0 saturated carbocycles.